The number of hydrogen-bond donors (Lipinski definition) is 2. The number of hydrogen-bond acceptors (Lipinski definition) is 10. The quantitative estimate of drug-likeness (QED) is 0.274. The molecule has 0 aromatic carbocycles. The van der Waals surface area contributed by atoms with Crippen molar-refractivity contribution >= 4 is 39.3 Å². The summed E-state index contributed by atoms with van der Waals surface area (Å²) < 4.78 is 75.2. The van der Waals surface area contributed by atoms with Crippen LogP contribution in [0.2, 0.25) is 0 Å². The molecule has 1 saturated heterocycles. The summed E-state index contributed by atoms with van der Waals surface area (Å²) in [5.74, 6) is 0.719. The number of nitrogens with one attached hydrogen (secondary N) is 2. The number of carbonyl (C=O) groups is 1. The van der Waals surface area contributed by atoms with E-state index in [-0.39, 0.29) is 46.5 Å². The smallest absolute Gasteiger partial charge is 0.395 e. The number of ether oxygens (including phenoxy) is 1. The number of fused-ring (bicyclic) bond motifs is 6. The zero-order valence-corrected chi connectivity index (χ0v) is 26.4. The number of sulfonamides is 1. The Morgan fingerprint density at radius 3 is 2.69 bits per heavy atom. The number of thioether (sulfide) groups is 1. The Morgan fingerprint density at radius 1 is 1.13 bits per heavy atom. The van der Waals surface area contributed by atoms with Crippen LogP contribution in [0.4, 0.5) is 24.8 Å². The maximum absolute atomic E-state index is 13.6. The van der Waals surface area contributed by atoms with Crippen LogP contribution >= 0.6 is 11.8 Å². The van der Waals surface area contributed by atoms with E-state index in [2.05, 4.69) is 34.0 Å². The molecule has 0 radical (unpaired) electrons. The molecular formula is C29H34F3N7O4S2. The topological polar surface area (TPSA) is 131 Å². The maximum Gasteiger partial charge on any atom is 0.395 e. The van der Waals surface area contributed by atoms with Crippen molar-refractivity contribution in [1.29, 1.82) is 0 Å². The van der Waals surface area contributed by atoms with Crippen molar-refractivity contribution in [1.82, 2.24) is 24.5 Å². The number of anilines is 2. The van der Waals surface area contributed by atoms with Crippen LogP contribution < -0.4 is 19.7 Å². The Labute approximate surface area is 263 Å². The van der Waals surface area contributed by atoms with Gasteiger partial charge in [-0.1, -0.05) is 6.07 Å². The minimum absolute atomic E-state index is 0.0117. The van der Waals surface area contributed by atoms with Gasteiger partial charge < -0.3 is 15.0 Å². The van der Waals surface area contributed by atoms with Crippen molar-refractivity contribution in [3.8, 4) is 11.7 Å². The number of rotatable bonds is 6. The predicted octanol–water partition coefficient (Wildman–Crippen LogP) is 5.00. The van der Waals surface area contributed by atoms with Crippen molar-refractivity contribution < 1.29 is 31.1 Å². The number of aromatic nitrogens is 4. The van der Waals surface area contributed by atoms with E-state index in [9.17, 15) is 26.4 Å². The van der Waals surface area contributed by atoms with Gasteiger partial charge in [-0.15, -0.1) is 16.9 Å². The SMILES string of the molecule is CC1(C)C[C@@H]2CCCNc3cccc(n3)S(=O)(=O)NC(=O)c3ccc(-n4ccc(OCSCC5(C(F)(F)F)CC5)n4)nc3N1C2. The standard InChI is InChI=1S/C29H34F3N7O4S2/c1-27(2)15-19-5-4-13-33-21-6-3-7-24(34-21)45(41,42)37-26(40)20-8-9-22(35-25(20)38(27)16-19)39-14-10-23(36-39)43-18-44-17-28(11-12-28)29(30,31)32/h3,6-10,14,19H,4-5,11-13,15-18H2,1-2H3,(H,33,34)(H,37,40)/t19-/m0/s1. The minimum Gasteiger partial charge on any atom is -0.466 e. The second-order valence-electron chi connectivity index (χ2n) is 12.4. The molecule has 5 heterocycles. The van der Waals surface area contributed by atoms with E-state index in [0.29, 0.717) is 36.5 Å². The van der Waals surface area contributed by atoms with Crippen LogP contribution in [0, 0.1) is 11.3 Å². The van der Waals surface area contributed by atoms with E-state index in [1.54, 1.807) is 30.5 Å². The number of amides is 1. The number of nitrogens with zero attached hydrogens (tertiary/aromatic N) is 5. The molecule has 3 aromatic rings. The summed E-state index contributed by atoms with van der Waals surface area (Å²) in [6.45, 7) is 5.37. The van der Waals surface area contributed by atoms with E-state index in [1.165, 1.54) is 16.8 Å². The molecule has 0 spiro atoms. The third-order valence-electron chi connectivity index (χ3n) is 8.56. The zero-order valence-electron chi connectivity index (χ0n) is 24.8. The van der Waals surface area contributed by atoms with Crippen LogP contribution in [0.3, 0.4) is 0 Å². The van der Waals surface area contributed by atoms with Crippen molar-refractivity contribution in [2.75, 3.05) is 35.0 Å². The largest absolute Gasteiger partial charge is 0.466 e. The van der Waals surface area contributed by atoms with Gasteiger partial charge in [-0.05, 0) is 76.1 Å². The third kappa shape index (κ3) is 6.57. The number of halogens is 3. The average Bonchev–Trinajstić information content (AvgIpc) is 3.53. The fourth-order valence-corrected chi connectivity index (χ4v) is 7.98. The number of pyridine rings is 2. The number of carbonyl (C=O) groups excluding carboxylic acids is 1. The number of alkyl halides is 3. The Bertz CT molecular complexity index is 1690. The lowest BCUT2D eigenvalue weighted by molar-refractivity contribution is -0.179. The van der Waals surface area contributed by atoms with Crippen molar-refractivity contribution in [2.45, 2.75) is 62.7 Å². The lowest BCUT2D eigenvalue weighted by Crippen LogP contribution is -2.41. The Balaban J connectivity index is 1.26. The monoisotopic (exact) mass is 665 g/mol. The van der Waals surface area contributed by atoms with Gasteiger partial charge in [0.25, 0.3) is 15.9 Å². The Hall–Kier alpha value is -3.53. The van der Waals surface area contributed by atoms with Crippen molar-refractivity contribution in [3.63, 3.8) is 0 Å². The van der Waals surface area contributed by atoms with Crippen LogP contribution in [0.5, 0.6) is 5.88 Å². The van der Waals surface area contributed by atoms with Gasteiger partial charge in [-0.2, -0.15) is 21.6 Å². The Kier molecular flexibility index (Phi) is 8.16. The molecule has 3 aromatic heterocycles. The van der Waals surface area contributed by atoms with E-state index < -0.39 is 27.5 Å². The van der Waals surface area contributed by atoms with Gasteiger partial charge in [-0.25, -0.2) is 19.4 Å². The summed E-state index contributed by atoms with van der Waals surface area (Å²) in [4.78, 5) is 24.6. The van der Waals surface area contributed by atoms with Crippen molar-refractivity contribution in [2.24, 2.45) is 11.3 Å². The molecule has 45 heavy (non-hydrogen) atoms. The second kappa shape index (κ2) is 11.7. The van der Waals surface area contributed by atoms with Crippen LogP contribution in [-0.2, 0) is 10.0 Å². The van der Waals surface area contributed by atoms with E-state index >= 15 is 0 Å². The molecule has 2 aliphatic heterocycles. The van der Waals surface area contributed by atoms with Gasteiger partial charge in [0.05, 0.1) is 11.0 Å². The molecule has 242 valence electrons. The molecule has 2 fully saturated rings. The maximum atomic E-state index is 13.6. The Morgan fingerprint density at radius 2 is 1.93 bits per heavy atom. The van der Waals surface area contributed by atoms with Crippen LogP contribution in [0.15, 0.2) is 47.6 Å². The molecule has 1 amide bonds. The van der Waals surface area contributed by atoms with E-state index in [4.69, 9.17) is 9.72 Å². The molecule has 16 heteroatoms. The third-order valence-corrected chi connectivity index (χ3v) is 10.8. The zero-order chi connectivity index (χ0) is 32.0. The lowest BCUT2D eigenvalue weighted by Gasteiger charge is -2.34. The summed E-state index contributed by atoms with van der Waals surface area (Å²) in [5, 5.41) is 7.28. The van der Waals surface area contributed by atoms with Crippen LogP contribution in [0.25, 0.3) is 5.82 Å². The molecule has 4 bridgehead atoms. The van der Waals surface area contributed by atoms with Gasteiger partial charge in [0.1, 0.15) is 17.6 Å². The molecule has 3 aliphatic rings. The van der Waals surface area contributed by atoms with Gasteiger partial charge in [-0.3, -0.25) is 4.79 Å². The first-order chi connectivity index (χ1) is 21.3. The highest BCUT2D eigenvalue weighted by atomic mass is 32.2. The fourth-order valence-electron chi connectivity index (χ4n) is 5.91. The summed E-state index contributed by atoms with van der Waals surface area (Å²) in [6, 6.07) is 9.22. The first-order valence-corrected chi connectivity index (χ1v) is 17.3. The van der Waals surface area contributed by atoms with E-state index in [0.717, 1.165) is 31.0 Å². The van der Waals surface area contributed by atoms with E-state index in [1.807, 2.05) is 4.90 Å². The molecule has 1 atom stereocenters. The summed E-state index contributed by atoms with van der Waals surface area (Å²) in [7, 11) is -4.29. The molecule has 1 saturated carbocycles. The van der Waals surface area contributed by atoms with Gasteiger partial charge in [0.2, 0.25) is 5.88 Å². The van der Waals surface area contributed by atoms with Gasteiger partial charge in [0.15, 0.2) is 10.8 Å². The summed E-state index contributed by atoms with van der Waals surface area (Å²) in [6.07, 6.45) is 0.275. The molecule has 11 nitrogen and oxygen atoms in total. The summed E-state index contributed by atoms with van der Waals surface area (Å²) >= 11 is 1.07. The van der Waals surface area contributed by atoms with Crippen molar-refractivity contribution in [3.05, 3.63) is 48.2 Å². The first kappa shape index (κ1) is 31.5. The lowest BCUT2D eigenvalue weighted by atomic mass is 9.93. The molecule has 1 aliphatic carbocycles. The van der Waals surface area contributed by atoms with Gasteiger partial charge >= 0.3 is 6.18 Å². The molecule has 6 rings (SSSR count). The highest BCUT2D eigenvalue weighted by molar-refractivity contribution is 7.99. The molecule has 0 unspecified atom stereocenters. The average molecular weight is 666 g/mol. The fraction of sp³-hybridized carbons (Fsp3) is 0.517. The highest BCUT2D eigenvalue weighted by Gasteiger charge is 2.62. The predicted molar refractivity (Wildman–Crippen MR) is 163 cm³/mol. The minimum atomic E-state index is -4.29. The van der Waals surface area contributed by atoms with Crippen LogP contribution in [-0.4, -0.2) is 70.6 Å². The molecule has 2 N–H and O–H groups in total. The highest BCUT2D eigenvalue weighted by Crippen LogP contribution is 2.59. The molecular weight excluding hydrogens is 631 g/mol. The summed E-state index contributed by atoms with van der Waals surface area (Å²) in [5.41, 5.74) is -1.91. The second-order valence-corrected chi connectivity index (χ2v) is 14.9. The normalized spacial score (nSPS) is 21.9. The van der Waals surface area contributed by atoms with Crippen LogP contribution in [0.1, 0.15) is 56.3 Å². The first-order valence-electron chi connectivity index (χ1n) is 14.7. The van der Waals surface area contributed by atoms with Gasteiger partial charge in [0, 0.05) is 36.6 Å².